The van der Waals surface area contributed by atoms with E-state index in [2.05, 4.69) is 5.43 Å². The fourth-order valence-electron chi connectivity index (χ4n) is 1.77. The molecule has 1 aromatic rings. The molecule has 1 heterocycles. The quantitative estimate of drug-likeness (QED) is 0.458. The van der Waals surface area contributed by atoms with Gasteiger partial charge in [0, 0.05) is 24.8 Å². The number of hydrazine groups is 1. The maximum absolute atomic E-state index is 12.0. The number of nitro benzene ring substituents is 1. The third-order valence-electron chi connectivity index (χ3n) is 2.73. The molecule has 0 bridgehead atoms. The molecule has 1 aliphatic rings. The van der Waals surface area contributed by atoms with Gasteiger partial charge in [-0.25, -0.2) is 5.01 Å². The number of nitrogens with zero attached hydrogens (tertiary/aromatic N) is 2. The summed E-state index contributed by atoms with van der Waals surface area (Å²) >= 11 is 0. The van der Waals surface area contributed by atoms with Crippen molar-refractivity contribution in [3.8, 4) is 0 Å². The number of anilines is 1. The third-order valence-corrected chi connectivity index (χ3v) is 2.73. The molecule has 1 aliphatic heterocycles. The summed E-state index contributed by atoms with van der Waals surface area (Å²) < 4.78 is 5.15. The van der Waals surface area contributed by atoms with E-state index in [1.165, 1.54) is 18.2 Å². The number of hydrogen-bond donors (Lipinski definition) is 2. The van der Waals surface area contributed by atoms with Crippen molar-refractivity contribution in [1.29, 1.82) is 0 Å². The van der Waals surface area contributed by atoms with Gasteiger partial charge < -0.3 is 10.5 Å². The van der Waals surface area contributed by atoms with E-state index in [0.717, 1.165) is 0 Å². The summed E-state index contributed by atoms with van der Waals surface area (Å²) in [4.78, 5) is 22.3. The van der Waals surface area contributed by atoms with Crippen LogP contribution in [0.15, 0.2) is 18.2 Å². The van der Waals surface area contributed by atoms with Crippen LogP contribution in [0.25, 0.3) is 0 Å². The number of nitro groups is 1. The zero-order valence-electron chi connectivity index (χ0n) is 10.2. The van der Waals surface area contributed by atoms with Gasteiger partial charge in [0.1, 0.15) is 5.56 Å². The number of amides is 1. The highest BCUT2D eigenvalue weighted by atomic mass is 16.6. The van der Waals surface area contributed by atoms with Crippen LogP contribution >= 0.6 is 0 Å². The number of nitrogens with two attached hydrogens (primary N) is 1. The second kappa shape index (κ2) is 5.63. The molecule has 8 heteroatoms. The van der Waals surface area contributed by atoms with Gasteiger partial charge >= 0.3 is 0 Å². The van der Waals surface area contributed by atoms with Crippen molar-refractivity contribution in [2.75, 3.05) is 32.0 Å². The minimum Gasteiger partial charge on any atom is -0.399 e. The van der Waals surface area contributed by atoms with E-state index in [-0.39, 0.29) is 11.3 Å². The lowest BCUT2D eigenvalue weighted by Gasteiger charge is -2.26. The van der Waals surface area contributed by atoms with Gasteiger partial charge in [0.25, 0.3) is 11.6 Å². The summed E-state index contributed by atoms with van der Waals surface area (Å²) in [6.45, 7) is 2.11. The second-order valence-corrected chi connectivity index (χ2v) is 4.07. The maximum Gasteiger partial charge on any atom is 0.282 e. The fourth-order valence-corrected chi connectivity index (χ4v) is 1.77. The number of carbonyl (C=O) groups excluding carboxylic acids is 1. The van der Waals surface area contributed by atoms with Crippen LogP contribution in [0.4, 0.5) is 11.4 Å². The topological polar surface area (TPSA) is 111 Å². The number of rotatable bonds is 3. The molecule has 19 heavy (non-hydrogen) atoms. The van der Waals surface area contributed by atoms with Crippen LogP contribution in [0, 0.1) is 10.1 Å². The number of benzene rings is 1. The molecule has 8 nitrogen and oxygen atoms in total. The number of nitrogens with one attached hydrogen (secondary N) is 1. The number of ether oxygens (including phenoxy) is 1. The highest BCUT2D eigenvalue weighted by Gasteiger charge is 2.22. The second-order valence-electron chi connectivity index (χ2n) is 4.07. The molecule has 1 aromatic carbocycles. The fraction of sp³-hybridized carbons (Fsp3) is 0.364. The summed E-state index contributed by atoms with van der Waals surface area (Å²) in [6, 6.07) is 3.92. The van der Waals surface area contributed by atoms with Crippen molar-refractivity contribution >= 4 is 17.3 Å². The minimum absolute atomic E-state index is 0.0449. The summed E-state index contributed by atoms with van der Waals surface area (Å²) in [7, 11) is 0. The van der Waals surface area contributed by atoms with Crippen LogP contribution in [-0.4, -0.2) is 42.1 Å². The average Bonchev–Trinajstić information content (AvgIpc) is 2.39. The Morgan fingerprint density at radius 3 is 2.74 bits per heavy atom. The number of nitrogen functional groups attached to an aromatic ring is 1. The summed E-state index contributed by atoms with van der Waals surface area (Å²) in [5, 5.41) is 12.5. The van der Waals surface area contributed by atoms with Crippen LogP contribution < -0.4 is 11.2 Å². The highest BCUT2D eigenvalue weighted by molar-refractivity contribution is 5.98. The lowest BCUT2D eigenvalue weighted by atomic mass is 10.1. The molecular weight excluding hydrogens is 252 g/mol. The van der Waals surface area contributed by atoms with Gasteiger partial charge in [0.2, 0.25) is 0 Å². The first-order valence-electron chi connectivity index (χ1n) is 5.75. The van der Waals surface area contributed by atoms with Crippen molar-refractivity contribution in [3.05, 3.63) is 33.9 Å². The summed E-state index contributed by atoms with van der Waals surface area (Å²) in [5.74, 6) is -0.541. The van der Waals surface area contributed by atoms with Crippen LogP contribution in [0.1, 0.15) is 10.4 Å². The first-order valence-corrected chi connectivity index (χ1v) is 5.75. The molecule has 3 N–H and O–H groups in total. The molecule has 0 atom stereocenters. The average molecular weight is 266 g/mol. The van der Waals surface area contributed by atoms with E-state index in [4.69, 9.17) is 10.5 Å². The number of morpholine rings is 1. The SMILES string of the molecule is Nc1ccc([N+](=O)[O-])c(C(=O)NN2CCOCC2)c1. The third kappa shape index (κ3) is 3.18. The van der Waals surface area contributed by atoms with Gasteiger partial charge in [-0.1, -0.05) is 0 Å². The Morgan fingerprint density at radius 1 is 1.42 bits per heavy atom. The Labute approximate surface area is 109 Å². The normalized spacial score (nSPS) is 16.0. The number of carbonyl (C=O) groups is 1. The zero-order valence-corrected chi connectivity index (χ0v) is 10.2. The Bertz CT molecular complexity index is 499. The molecule has 0 radical (unpaired) electrons. The largest absolute Gasteiger partial charge is 0.399 e. The molecule has 0 spiro atoms. The van der Waals surface area contributed by atoms with Gasteiger partial charge in [0.05, 0.1) is 18.1 Å². The van der Waals surface area contributed by atoms with E-state index in [0.29, 0.717) is 32.0 Å². The predicted molar refractivity (Wildman–Crippen MR) is 67.4 cm³/mol. The first kappa shape index (κ1) is 13.2. The van der Waals surface area contributed by atoms with E-state index in [1.54, 1.807) is 5.01 Å². The number of hydrogen-bond acceptors (Lipinski definition) is 6. The van der Waals surface area contributed by atoms with E-state index < -0.39 is 10.8 Å². The van der Waals surface area contributed by atoms with Gasteiger partial charge in [-0.15, -0.1) is 0 Å². The van der Waals surface area contributed by atoms with Gasteiger partial charge in [-0.2, -0.15) is 0 Å². The lowest BCUT2D eigenvalue weighted by Crippen LogP contribution is -2.48. The van der Waals surface area contributed by atoms with Crippen molar-refractivity contribution in [3.63, 3.8) is 0 Å². The van der Waals surface area contributed by atoms with Crippen LogP contribution in [-0.2, 0) is 4.74 Å². The van der Waals surface area contributed by atoms with Crippen molar-refractivity contribution in [1.82, 2.24) is 10.4 Å². The monoisotopic (exact) mass is 266 g/mol. The molecule has 0 aromatic heterocycles. The van der Waals surface area contributed by atoms with Gasteiger partial charge in [0.15, 0.2) is 0 Å². The summed E-state index contributed by atoms with van der Waals surface area (Å²) in [5.41, 5.74) is 8.17. The Kier molecular flexibility index (Phi) is 3.93. The van der Waals surface area contributed by atoms with Crippen LogP contribution in [0.2, 0.25) is 0 Å². The molecule has 1 amide bonds. The van der Waals surface area contributed by atoms with Crippen LogP contribution in [0.3, 0.4) is 0 Å². The molecule has 1 saturated heterocycles. The minimum atomic E-state index is -0.604. The molecule has 0 aliphatic carbocycles. The maximum atomic E-state index is 12.0. The van der Waals surface area contributed by atoms with Gasteiger partial charge in [-0.05, 0) is 12.1 Å². The van der Waals surface area contributed by atoms with E-state index >= 15 is 0 Å². The first-order chi connectivity index (χ1) is 9.08. The standard InChI is InChI=1S/C11H14N4O4/c12-8-1-2-10(15(17)18)9(7-8)11(16)13-14-3-5-19-6-4-14/h1-2,7H,3-6,12H2,(H,13,16). The van der Waals surface area contributed by atoms with Crippen LogP contribution in [0.5, 0.6) is 0 Å². The Balaban J connectivity index is 2.17. The highest BCUT2D eigenvalue weighted by Crippen LogP contribution is 2.21. The van der Waals surface area contributed by atoms with E-state index in [9.17, 15) is 14.9 Å². The molecular formula is C11H14N4O4. The van der Waals surface area contributed by atoms with Crippen molar-refractivity contribution in [2.24, 2.45) is 0 Å². The smallest absolute Gasteiger partial charge is 0.282 e. The lowest BCUT2D eigenvalue weighted by molar-refractivity contribution is -0.385. The Morgan fingerprint density at radius 2 is 2.11 bits per heavy atom. The van der Waals surface area contributed by atoms with Crippen molar-refractivity contribution < 1.29 is 14.5 Å². The Hall–Kier alpha value is -2.19. The predicted octanol–water partition coefficient (Wildman–Crippen LogP) is 0.154. The molecule has 0 unspecified atom stereocenters. The zero-order chi connectivity index (χ0) is 13.8. The summed E-state index contributed by atoms with van der Waals surface area (Å²) in [6.07, 6.45) is 0. The van der Waals surface area contributed by atoms with Crippen molar-refractivity contribution in [2.45, 2.75) is 0 Å². The molecule has 2 rings (SSSR count). The van der Waals surface area contributed by atoms with E-state index in [1.807, 2.05) is 0 Å². The van der Waals surface area contributed by atoms with Gasteiger partial charge in [-0.3, -0.25) is 20.3 Å². The molecule has 1 fully saturated rings. The molecule has 102 valence electrons. The molecule has 0 saturated carbocycles.